The molecule has 1 saturated heterocycles. The van der Waals surface area contributed by atoms with Crippen LogP contribution in [-0.4, -0.2) is 35.1 Å². The van der Waals surface area contributed by atoms with Crippen molar-refractivity contribution in [2.24, 2.45) is 0 Å². The molecule has 1 aliphatic rings. The molecule has 2 N–H and O–H groups in total. The first-order valence-electron chi connectivity index (χ1n) is 4.96. The summed E-state index contributed by atoms with van der Waals surface area (Å²) < 4.78 is 10.0. The van der Waals surface area contributed by atoms with E-state index in [9.17, 15) is 15.1 Å². The molecule has 1 aliphatic heterocycles. The molecule has 0 spiro atoms. The number of hydrogen-bond donors (Lipinski definition) is 2. The summed E-state index contributed by atoms with van der Waals surface area (Å²) >= 11 is 0. The Kier molecular flexibility index (Phi) is 2.95. The number of hydroxylamine groups is 2. The highest BCUT2D eigenvalue weighted by Crippen LogP contribution is 2.27. The normalized spacial score (nSPS) is 22.2. The van der Waals surface area contributed by atoms with Crippen molar-refractivity contribution in [3.63, 3.8) is 0 Å². The van der Waals surface area contributed by atoms with E-state index in [0.29, 0.717) is 12.4 Å². The molecule has 0 aromatic carbocycles. The van der Waals surface area contributed by atoms with E-state index < -0.39 is 11.7 Å². The zero-order valence-electron chi connectivity index (χ0n) is 8.84. The molecule has 0 aliphatic carbocycles. The van der Waals surface area contributed by atoms with E-state index in [2.05, 4.69) is 0 Å². The molecule has 0 radical (unpaired) electrons. The quantitative estimate of drug-likeness (QED) is 0.723. The average Bonchev–Trinajstić information content (AvgIpc) is 2.19. The zero-order chi connectivity index (χ0) is 11.7. The minimum atomic E-state index is -0.675. The Morgan fingerprint density at radius 2 is 2.31 bits per heavy atom. The van der Waals surface area contributed by atoms with Crippen molar-refractivity contribution in [1.82, 2.24) is 5.06 Å². The van der Waals surface area contributed by atoms with Crippen molar-refractivity contribution in [3.05, 3.63) is 27.8 Å². The van der Waals surface area contributed by atoms with E-state index in [1.807, 2.05) is 0 Å². The molecule has 6 heteroatoms. The van der Waals surface area contributed by atoms with Crippen LogP contribution < -0.4 is 5.63 Å². The van der Waals surface area contributed by atoms with Crippen LogP contribution in [0.2, 0.25) is 0 Å². The molecule has 88 valence electrons. The molecule has 1 fully saturated rings. The van der Waals surface area contributed by atoms with Gasteiger partial charge in [0.2, 0.25) is 0 Å². The van der Waals surface area contributed by atoms with Gasteiger partial charge in [0.05, 0.1) is 19.3 Å². The van der Waals surface area contributed by atoms with Gasteiger partial charge in [-0.1, -0.05) is 0 Å². The standard InChI is InChI=1S/C10H13NO5/c1-6-4-8(12)9(10(13)16-6)7-5-15-3-2-11(7)14/h4,7,12,14H,2-3,5H2,1H3. The van der Waals surface area contributed by atoms with Gasteiger partial charge in [-0.15, -0.1) is 0 Å². The van der Waals surface area contributed by atoms with Crippen LogP contribution in [0.3, 0.4) is 0 Å². The van der Waals surface area contributed by atoms with Gasteiger partial charge in [-0.3, -0.25) is 0 Å². The molecule has 0 bridgehead atoms. The first-order valence-corrected chi connectivity index (χ1v) is 4.96. The Bertz CT molecular complexity index is 441. The van der Waals surface area contributed by atoms with Crippen molar-refractivity contribution in [1.29, 1.82) is 0 Å². The van der Waals surface area contributed by atoms with Crippen LogP contribution in [0.15, 0.2) is 15.3 Å². The fourth-order valence-corrected chi connectivity index (χ4v) is 1.74. The fourth-order valence-electron chi connectivity index (χ4n) is 1.74. The number of rotatable bonds is 1. The maximum atomic E-state index is 11.6. The van der Waals surface area contributed by atoms with Gasteiger partial charge in [0.15, 0.2) is 0 Å². The summed E-state index contributed by atoms with van der Waals surface area (Å²) in [6.07, 6.45) is 0. The van der Waals surface area contributed by atoms with Crippen LogP contribution in [0, 0.1) is 6.92 Å². The van der Waals surface area contributed by atoms with Crippen molar-refractivity contribution >= 4 is 0 Å². The largest absolute Gasteiger partial charge is 0.507 e. The van der Waals surface area contributed by atoms with E-state index in [0.717, 1.165) is 5.06 Å². The summed E-state index contributed by atoms with van der Waals surface area (Å²) in [6.45, 7) is 2.40. The highest BCUT2D eigenvalue weighted by atomic mass is 16.5. The molecule has 1 aromatic heterocycles. The van der Waals surface area contributed by atoms with Gasteiger partial charge in [0.25, 0.3) is 0 Å². The summed E-state index contributed by atoms with van der Waals surface area (Å²) in [6, 6.07) is 0.671. The third-order valence-electron chi connectivity index (χ3n) is 2.52. The van der Waals surface area contributed by atoms with Crippen molar-refractivity contribution in [2.75, 3.05) is 19.8 Å². The van der Waals surface area contributed by atoms with Gasteiger partial charge >= 0.3 is 5.63 Å². The first-order chi connectivity index (χ1) is 7.59. The number of nitrogens with zero attached hydrogens (tertiary/aromatic N) is 1. The Morgan fingerprint density at radius 3 is 2.94 bits per heavy atom. The lowest BCUT2D eigenvalue weighted by Gasteiger charge is -2.30. The second-order valence-electron chi connectivity index (χ2n) is 3.70. The van der Waals surface area contributed by atoms with Gasteiger partial charge < -0.3 is 19.5 Å². The smallest absolute Gasteiger partial charge is 0.344 e. The maximum Gasteiger partial charge on any atom is 0.344 e. The van der Waals surface area contributed by atoms with E-state index in [4.69, 9.17) is 9.15 Å². The molecule has 0 amide bonds. The van der Waals surface area contributed by atoms with Crippen LogP contribution in [0.4, 0.5) is 0 Å². The molecular weight excluding hydrogens is 214 g/mol. The highest BCUT2D eigenvalue weighted by Gasteiger charge is 2.29. The molecule has 0 saturated carbocycles. The molecule has 1 atom stereocenters. The Morgan fingerprint density at radius 1 is 1.56 bits per heavy atom. The van der Waals surface area contributed by atoms with Crippen LogP contribution in [0.5, 0.6) is 5.75 Å². The first kappa shape index (κ1) is 11.1. The molecule has 1 aromatic rings. The number of hydrogen-bond acceptors (Lipinski definition) is 6. The molecular formula is C10H13NO5. The minimum Gasteiger partial charge on any atom is -0.507 e. The maximum absolute atomic E-state index is 11.6. The zero-order valence-corrected chi connectivity index (χ0v) is 8.84. The van der Waals surface area contributed by atoms with Crippen LogP contribution in [-0.2, 0) is 4.74 Å². The summed E-state index contributed by atoms with van der Waals surface area (Å²) in [5.41, 5.74) is -0.611. The molecule has 2 rings (SSSR count). The number of aryl methyl sites for hydroxylation is 1. The summed E-state index contributed by atoms with van der Waals surface area (Å²) in [5, 5.41) is 20.3. The number of morpholine rings is 1. The van der Waals surface area contributed by atoms with Gasteiger partial charge in [0.1, 0.15) is 17.1 Å². The Labute approximate surface area is 91.6 Å². The number of ether oxygens (including phenoxy) is 1. The van der Waals surface area contributed by atoms with E-state index >= 15 is 0 Å². The van der Waals surface area contributed by atoms with Crippen LogP contribution >= 0.6 is 0 Å². The predicted molar refractivity (Wildman–Crippen MR) is 53.4 cm³/mol. The lowest BCUT2D eigenvalue weighted by atomic mass is 10.1. The third-order valence-corrected chi connectivity index (χ3v) is 2.52. The third kappa shape index (κ3) is 1.95. The highest BCUT2D eigenvalue weighted by molar-refractivity contribution is 5.32. The fraction of sp³-hybridized carbons (Fsp3) is 0.500. The average molecular weight is 227 g/mol. The van der Waals surface area contributed by atoms with E-state index in [1.54, 1.807) is 6.92 Å². The van der Waals surface area contributed by atoms with Crippen LogP contribution in [0.25, 0.3) is 0 Å². The number of aromatic hydroxyl groups is 1. The monoisotopic (exact) mass is 227 g/mol. The predicted octanol–water partition coefficient (Wildman–Crippen LogP) is 0.416. The van der Waals surface area contributed by atoms with Crippen molar-refractivity contribution in [2.45, 2.75) is 13.0 Å². The van der Waals surface area contributed by atoms with Gasteiger partial charge in [0, 0.05) is 12.6 Å². The van der Waals surface area contributed by atoms with Crippen molar-refractivity contribution < 1.29 is 19.5 Å². The SMILES string of the molecule is Cc1cc(O)c(C2COCCN2O)c(=O)o1. The molecule has 6 nitrogen and oxygen atoms in total. The van der Waals surface area contributed by atoms with E-state index in [1.165, 1.54) is 6.07 Å². The molecule has 16 heavy (non-hydrogen) atoms. The van der Waals surface area contributed by atoms with E-state index in [-0.39, 0.29) is 24.5 Å². The Hall–Kier alpha value is -1.37. The van der Waals surface area contributed by atoms with Gasteiger partial charge in [-0.25, -0.2) is 4.79 Å². The molecule has 1 unspecified atom stereocenters. The van der Waals surface area contributed by atoms with Gasteiger partial charge in [-0.05, 0) is 6.92 Å². The van der Waals surface area contributed by atoms with Gasteiger partial charge in [-0.2, -0.15) is 5.06 Å². The second-order valence-corrected chi connectivity index (χ2v) is 3.70. The topological polar surface area (TPSA) is 83.1 Å². The summed E-state index contributed by atoms with van der Waals surface area (Å²) in [7, 11) is 0. The second kappa shape index (κ2) is 4.25. The lowest BCUT2D eigenvalue weighted by molar-refractivity contribution is -0.184. The van der Waals surface area contributed by atoms with Crippen molar-refractivity contribution in [3.8, 4) is 5.75 Å². The molecule has 2 heterocycles. The Balaban J connectivity index is 2.43. The minimum absolute atomic E-state index is 0.0350. The van der Waals surface area contributed by atoms with Crippen LogP contribution in [0.1, 0.15) is 17.4 Å². The lowest BCUT2D eigenvalue weighted by Crippen LogP contribution is -2.39. The summed E-state index contributed by atoms with van der Waals surface area (Å²) in [5.74, 6) is 0.149. The summed E-state index contributed by atoms with van der Waals surface area (Å²) in [4.78, 5) is 11.6.